The van der Waals surface area contributed by atoms with Gasteiger partial charge in [0.2, 0.25) is 0 Å². The number of ether oxygens (including phenoxy) is 2. The number of nitrogens with two attached hydrogens (primary N) is 2. The molecule has 0 rings (SSSR count). The van der Waals surface area contributed by atoms with Gasteiger partial charge in [-0.25, -0.2) is 9.59 Å². The summed E-state index contributed by atoms with van der Waals surface area (Å²) < 4.78 is 9.11. The zero-order chi connectivity index (χ0) is 11.5. The van der Waals surface area contributed by atoms with E-state index in [2.05, 4.69) is 9.47 Å². The molecule has 0 aliphatic rings. The van der Waals surface area contributed by atoms with Crippen LogP contribution in [0.4, 0.5) is 9.59 Å². The summed E-state index contributed by atoms with van der Waals surface area (Å²) in [7, 11) is 0. The summed E-state index contributed by atoms with van der Waals surface area (Å²) in [6, 6.07) is 0. The number of rotatable bonds is 8. The molecular weight excluding hydrogens is 200 g/mol. The molecule has 0 aromatic heterocycles. The third-order valence-electron chi connectivity index (χ3n) is 1.78. The van der Waals surface area contributed by atoms with Gasteiger partial charge in [-0.2, -0.15) is 0 Å². The molecule has 0 aromatic carbocycles. The van der Waals surface area contributed by atoms with Crippen molar-refractivity contribution in [3.8, 4) is 0 Å². The topological polar surface area (TPSA) is 105 Å². The van der Waals surface area contributed by atoms with Crippen LogP contribution in [0.25, 0.3) is 0 Å². The van der Waals surface area contributed by atoms with Crippen molar-refractivity contribution >= 4 is 12.2 Å². The van der Waals surface area contributed by atoms with Crippen LogP contribution in [0.1, 0.15) is 32.1 Å². The third-order valence-corrected chi connectivity index (χ3v) is 1.78. The van der Waals surface area contributed by atoms with Crippen LogP contribution in [0.5, 0.6) is 0 Å². The maximum Gasteiger partial charge on any atom is 0.404 e. The quantitative estimate of drug-likeness (QED) is 0.595. The summed E-state index contributed by atoms with van der Waals surface area (Å²) in [5.41, 5.74) is 9.56. The smallest absolute Gasteiger partial charge is 0.404 e. The van der Waals surface area contributed by atoms with Gasteiger partial charge in [0.15, 0.2) is 0 Å². The van der Waals surface area contributed by atoms with E-state index in [1.807, 2.05) is 0 Å². The largest absolute Gasteiger partial charge is 0.450 e. The van der Waals surface area contributed by atoms with Crippen LogP contribution >= 0.6 is 0 Å². The molecule has 0 atom stereocenters. The molecule has 0 saturated heterocycles. The van der Waals surface area contributed by atoms with E-state index in [1.165, 1.54) is 0 Å². The van der Waals surface area contributed by atoms with Gasteiger partial charge in [0.05, 0.1) is 13.2 Å². The Morgan fingerprint density at radius 2 is 1.07 bits per heavy atom. The van der Waals surface area contributed by atoms with Crippen LogP contribution in [0, 0.1) is 0 Å². The zero-order valence-electron chi connectivity index (χ0n) is 8.74. The first-order valence-electron chi connectivity index (χ1n) is 4.97. The predicted octanol–water partition coefficient (Wildman–Crippen LogP) is 1.13. The highest BCUT2D eigenvalue weighted by molar-refractivity contribution is 5.64. The monoisotopic (exact) mass is 218 g/mol. The van der Waals surface area contributed by atoms with Crippen molar-refractivity contribution in [1.82, 2.24) is 0 Å². The predicted molar refractivity (Wildman–Crippen MR) is 54.2 cm³/mol. The Balaban J connectivity index is 2.99. The Kier molecular flexibility index (Phi) is 8.22. The first-order valence-corrected chi connectivity index (χ1v) is 4.97. The van der Waals surface area contributed by atoms with Gasteiger partial charge in [-0.05, 0) is 12.8 Å². The summed E-state index contributed by atoms with van der Waals surface area (Å²) in [4.78, 5) is 20.4. The van der Waals surface area contributed by atoms with Crippen LogP contribution in [-0.2, 0) is 9.47 Å². The van der Waals surface area contributed by atoms with E-state index < -0.39 is 12.2 Å². The van der Waals surface area contributed by atoms with Gasteiger partial charge in [-0.1, -0.05) is 19.3 Å². The normalized spacial score (nSPS) is 9.60. The second kappa shape index (κ2) is 9.11. The average molecular weight is 218 g/mol. The Labute approximate surface area is 88.9 Å². The molecule has 2 amide bonds. The van der Waals surface area contributed by atoms with E-state index in [-0.39, 0.29) is 0 Å². The minimum absolute atomic E-state index is 0.368. The van der Waals surface area contributed by atoms with Crippen molar-refractivity contribution in [2.75, 3.05) is 13.2 Å². The number of unbranched alkanes of at least 4 members (excludes halogenated alkanes) is 4. The van der Waals surface area contributed by atoms with Crippen LogP contribution in [0.3, 0.4) is 0 Å². The molecule has 0 saturated carbocycles. The van der Waals surface area contributed by atoms with E-state index >= 15 is 0 Å². The van der Waals surface area contributed by atoms with Gasteiger partial charge in [0.1, 0.15) is 0 Å². The molecule has 15 heavy (non-hydrogen) atoms. The van der Waals surface area contributed by atoms with Gasteiger partial charge in [0, 0.05) is 0 Å². The lowest BCUT2D eigenvalue weighted by Crippen LogP contribution is -2.14. The van der Waals surface area contributed by atoms with Gasteiger partial charge in [0.25, 0.3) is 0 Å². The van der Waals surface area contributed by atoms with Gasteiger partial charge >= 0.3 is 12.2 Å². The Morgan fingerprint density at radius 1 is 0.733 bits per heavy atom. The van der Waals surface area contributed by atoms with Crippen LogP contribution in [-0.4, -0.2) is 25.4 Å². The number of carbonyl (C=O) groups excluding carboxylic acids is 2. The summed E-state index contributed by atoms with van der Waals surface area (Å²) in [6.07, 6.45) is 3.08. The highest BCUT2D eigenvalue weighted by Crippen LogP contribution is 2.03. The molecule has 6 heteroatoms. The van der Waals surface area contributed by atoms with Gasteiger partial charge in [-0.3, -0.25) is 0 Å². The number of primary amides is 2. The number of amides is 2. The number of carbonyl (C=O) groups is 2. The lowest BCUT2D eigenvalue weighted by molar-refractivity contribution is 0.152. The van der Waals surface area contributed by atoms with Gasteiger partial charge in [-0.15, -0.1) is 0 Å². The molecule has 88 valence electrons. The van der Waals surface area contributed by atoms with Gasteiger partial charge < -0.3 is 20.9 Å². The molecule has 0 aliphatic carbocycles. The Morgan fingerprint density at radius 3 is 1.40 bits per heavy atom. The second-order valence-corrected chi connectivity index (χ2v) is 3.10. The fraction of sp³-hybridized carbons (Fsp3) is 0.778. The molecule has 6 nitrogen and oxygen atoms in total. The average Bonchev–Trinajstić information content (AvgIpc) is 2.14. The molecule has 0 radical (unpaired) electrons. The summed E-state index contributed by atoms with van der Waals surface area (Å²) in [5.74, 6) is 0. The number of hydrogen-bond donors (Lipinski definition) is 2. The molecule has 0 bridgehead atoms. The minimum Gasteiger partial charge on any atom is -0.450 e. The molecular formula is C9H18N2O4. The summed E-state index contributed by atoms with van der Waals surface area (Å²) in [5, 5.41) is 0. The van der Waals surface area contributed by atoms with E-state index in [9.17, 15) is 9.59 Å². The lowest BCUT2D eigenvalue weighted by Gasteiger charge is -2.02. The Hall–Kier alpha value is -1.46. The molecule has 0 fully saturated rings. The third kappa shape index (κ3) is 12.5. The van der Waals surface area contributed by atoms with E-state index in [4.69, 9.17) is 11.5 Å². The SMILES string of the molecule is NC(=O)OCCCCCCCOC(N)=O. The fourth-order valence-corrected chi connectivity index (χ4v) is 1.08. The first-order chi connectivity index (χ1) is 7.13. The molecule has 0 unspecified atom stereocenters. The summed E-state index contributed by atoms with van der Waals surface area (Å²) in [6.45, 7) is 0.736. The molecule has 0 heterocycles. The lowest BCUT2D eigenvalue weighted by atomic mass is 10.1. The zero-order valence-corrected chi connectivity index (χ0v) is 8.74. The molecule has 0 aromatic rings. The maximum absolute atomic E-state index is 10.2. The van der Waals surface area contributed by atoms with Crippen LogP contribution < -0.4 is 11.5 Å². The molecule has 0 spiro atoms. The van der Waals surface area contributed by atoms with Crippen molar-refractivity contribution in [1.29, 1.82) is 0 Å². The Bertz CT molecular complexity index is 177. The standard InChI is InChI=1S/C9H18N2O4/c10-8(12)14-6-4-2-1-3-5-7-15-9(11)13/h1-7H2,(H2,10,12)(H2,11,13). The summed E-state index contributed by atoms with van der Waals surface area (Å²) >= 11 is 0. The van der Waals surface area contributed by atoms with E-state index in [0.717, 1.165) is 32.1 Å². The second-order valence-electron chi connectivity index (χ2n) is 3.10. The van der Waals surface area contributed by atoms with E-state index in [0.29, 0.717) is 13.2 Å². The maximum atomic E-state index is 10.2. The molecule has 4 N–H and O–H groups in total. The van der Waals surface area contributed by atoms with Crippen molar-refractivity contribution < 1.29 is 19.1 Å². The first kappa shape index (κ1) is 13.5. The highest BCUT2D eigenvalue weighted by atomic mass is 16.5. The van der Waals surface area contributed by atoms with Crippen molar-refractivity contribution in [3.05, 3.63) is 0 Å². The minimum atomic E-state index is -0.732. The van der Waals surface area contributed by atoms with E-state index in [1.54, 1.807) is 0 Å². The van der Waals surface area contributed by atoms with Crippen molar-refractivity contribution in [2.24, 2.45) is 11.5 Å². The highest BCUT2D eigenvalue weighted by Gasteiger charge is 1.95. The molecule has 0 aliphatic heterocycles. The fourth-order valence-electron chi connectivity index (χ4n) is 1.08. The van der Waals surface area contributed by atoms with Crippen LogP contribution in [0.2, 0.25) is 0 Å². The van der Waals surface area contributed by atoms with Crippen molar-refractivity contribution in [3.63, 3.8) is 0 Å². The number of hydrogen-bond acceptors (Lipinski definition) is 4. The van der Waals surface area contributed by atoms with Crippen molar-refractivity contribution in [2.45, 2.75) is 32.1 Å². The van der Waals surface area contributed by atoms with Crippen LogP contribution in [0.15, 0.2) is 0 Å².